The lowest BCUT2D eigenvalue weighted by Gasteiger charge is -2.10. The van der Waals surface area contributed by atoms with Gasteiger partial charge in [0.25, 0.3) is 0 Å². The Balaban J connectivity index is 2.59. The number of nitrogens with zero attached hydrogens (tertiary/aromatic N) is 1. The molecule has 0 aliphatic rings. The van der Waals surface area contributed by atoms with Crippen LogP contribution in [0, 0.1) is 0 Å². The summed E-state index contributed by atoms with van der Waals surface area (Å²) in [6.07, 6.45) is 3.99. The summed E-state index contributed by atoms with van der Waals surface area (Å²) in [5.41, 5.74) is 0. The van der Waals surface area contributed by atoms with Crippen molar-refractivity contribution in [1.29, 1.82) is 0 Å². The maximum Gasteiger partial charge on any atom is 0.242 e. The largest absolute Gasteiger partial charge is 0.392 e. The molecule has 1 atom stereocenters. The van der Waals surface area contributed by atoms with Gasteiger partial charge in [0.1, 0.15) is 0 Å². The van der Waals surface area contributed by atoms with Gasteiger partial charge in [-0.25, -0.2) is 13.1 Å². The molecule has 0 aliphatic carbocycles. The minimum absolute atomic E-state index is 0.0606. The van der Waals surface area contributed by atoms with Crippen LogP contribution < -0.4 is 4.72 Å². The Morgan fingerprint density at radius 3 is 2.75 bits per heavy atom. The van der Waals surface area contributed by atoms with E-state index in [9.17, 15) is 13.5 Å². The predicted molar refractivity (Wildman–Crippen MR) is 61.5 cm³/mol. The summed E-state index contributed by atoms with van der Waals surface area (Å²) in [6.45, 7) is 2.00. The lowest BCUT2D eigenvalue weighted by molar-refractivity contribution is 0.167. The molecule has 16 heavy (non-hydrogen) atoms. The van der Waals surface area contributed by atoms with E-state index in [0.29, 0.717) is 6.42 Å². The molecule has 0 bridgehead atoms. The molecule has 0 amide bonds. The summed E-state index contributed by atoms with van der Waals surface area (Å²) >= 11 is 0. The van der Waals surface area contributed by atoms with E-state index >= 15 is 0 Å². The quantitative estimate of drug-likeness (QED) is 0.766. The van der Waals surface area contributed by atoms with Crippen LogP contribution in [0.15, 0.2) is 23.4 Å². The van der Waals surface area contributed by atoms with Crippen molar-refractivity contribution < 1.29 is 13.5 Å². The fourth-order valence-corrected chi connectivity index (χ4v) is 2.48. The molecule has 1 aromatic rings. The summed E-state index contributed by atoms with van der Waals surface area (Å²) in [4.78, 5) is 0.221. The van der Waals surface area contributed by atoms with Crippen molar-refractivity contribution >= 4 is 10.0 Å². The smallest absolute Gasteiger partial charge is 0.242 e. The third-order valence-corrected chi connectivity index (χ3v) is 3.65. The number of sulfonamides is 1. The van der Waals surface area contributed by atoms with Crippen molar-refractivity contribution in [1.82, 2.24) is 9.29 Å². The average Bonchev–Trinajstić information content (AvgIpc) is 2.63. The summed E-state index contributed by atoms with van der Waals surface area (Å²) in [6, 6.07) is 1.52. The lowest BCUT2D eigenvalue weighted by atomic mass is 10.2. The normalized spacial score (nSPS) is 13.9. The number of aromatic nitrogens is 1. The first-order valence-electron chi connectivity index (χ1n) is 5.25. The van der Waals surface area contributed by atoms with Crippen molar-refractivity contribution in [2.45, 2.75) is 30.8 Å². The number of aliphatic hydroxyl groups is 1. The van der Waals surface area contributed by atoms with Gasteiger partial charge in [0.15, 0.2) is 0 Å². The summed E-state index contributed by atoms with van der Waals surface area (Å²) in [5.74, 6) is 0. The SMILES string of the molecule is CCCC(O)CNS(=O)(=O)c1ccn(C)c1. The predicted octanol–water partition coefficient (Wildman–Crippen LogP) is 0.464. The van der Waals surface area contributed by atoms with E-state index in [4.69, 9.17) is 0 Å². The Hall–Kier alpha value is -0.850. The highest BCUT2D eigenvalue weighted by atomic mass is 32.2. The first-order chi connectivity index (χ1) is 7.45. The Morgan fingerprint density at radius 1 is 1.56 bits per heavy atom. The molecule has 0 spiro atoms. The van der Waals surface area contributed by atoms with Gasteiger partial charge in [-0.2, -0.15) is 0 Å². The number of aliphatic hydroxyl groups excluding tert-OH is 1. The molecule has 0 saturated heterocycles. The van der Waals surface area contributed by atoms with Crippen LogP contribution in [0.1, 0.15) is 19.8 Å². The molecule has 1 heterocycles. The van der Waals surface area contributed by atoms with Gasteiger partial charge in [-0.1, -0.05) is 13.3 Å². The van der Waals surface area contributed by atoms with Crippen LogP contribution in [0.4, 0.5) is 0 Å². The fraction of sp³-hybridized carbons (Fsp3) is 0.600. The van der Waals surface area contributed by atoms with E-state index in [1.54, 1.807) is 17.8 Å². The van der Waals surface area contributed by atoms with Crippen LogP contribution in [0.2, 0.25) is 0 Å². The lowest BCUT2D eigenvalue weighted by Crippen LogP contribution is -2.31. The van der Waals surface area contributed by atoms with Gasteiger partial charge in [0, 0.05) is 26.0 Å². The van der Waals surface area contributed by atoms with Gasteiger partial charge < -0.3 is 9.67 Å². The fourth-order valence-electron chi connectivity index (χ4n) is 1.36. The van der Waals surface area contributed by atoms with Gasteiger partial charge in [-0.15, -0.1) is 0 Å². The second-order valence-electron chi connectivity index (χ2n) is 3.81. The minimum Gasteiger partial charge on any atom is -0.392 e. The number of hydrogen-bond donors (Lipinski definition) is 2. The zero-order valence-corrected chi connectivity index (χ0v) is 10.4. The van der Waals surface area contributed by atoms with Gasteiger partial charge >= 0.3 is 0 Å². The Kier molecular flexibility index (Phi) is 4.52. The van der Waals surface area contributed by atoms with Crippen molar-refractivity contribution in [2.75, 3.05) is 6.54 Å². The first-order valence-corrected chi connectivity index (χ1v) is 6.73. The van der Waals surface area contributed by atoms with Crippen LogP contribution in [0.3, 0.4) is 0 Å². The van der Waals surface area contributed by atoms with Gasteiger partial charge in [-0.3, -0.25) is 0 Å². The Labute approximate surface area is 96.1 Å². The molecular weight excluding hydrogens is 228 g/mol. The molecule has 1 rings (SSSR count). The summed E-state index contributed by atoms with van der Waals surface area (Å²) in [5, 5.41) is 9.43. The summed E-state index contributed by atoms with van der Waals surface area (Å²) < 4.78 is 27.5. The molecule has 0 aliphatic heterocycles. The molecular formula is C10H18N2O3S. The van der Waals surface area contributed by atoms with Crippen molar-refractivity contribution in [3.8, 4) is 0 Å². The van der Waals surface area contributed by atoms with Gasteiger partial charge in [-0.05, 0) is 12.5 Å². The van der Waals surface area contributed by atoms with Crippen LogP contribution in [0.25, 0.3) is 0 Å². The van der Waals surface area contributed by atoms with Crippen LogP contribution in [-0.4, -0.2) is 30.7 Å². The highest BCUT2D eigenvalue weighted by Gasteiger charge is 2.16. The van der Waals surface area contributed by atoms with E-state index in [1.807, 2.05) is 6.92 Å². The highest BCUT2D eigenvalue weighted by molar-refractivity contribution is 7.89. The highest BCUT2D eigenvalue weighted by Crippen LogP contribution is 2.08. The van der Waals surface area contributed by atoms with Gasteiger partial charge in [0.2, 0.25) is 10.0 Å². The Bertz CT molecular complexity index is 425. The molecule has 0 fully saturated rings. The molecule has 92 valence electrons. The number of nitrogens with one attached hydrogen (secondary N) is 1. The topological polar surface area (TPSA) is 71.3 Å². The summed E-state index contributed by atoms with van der Waals surface area (Å²) in [7, 11) is -1.73. The van der Waals surface area contributed by atoms with Crippen LogP contribution >= 0.6 is 0 Å². The van der Waals surface area contributed by atoms with Crippen molar-refractivity contribution in [3.05, 3.63) is 18.5 Å². The van der Waals surface area contributed by atoms with Crippen molar-refractivity contribution in [2.24, 2.45) is 7.05 Å². The van der Waals surface area contributed by atoms with E-state index < -0.39 is 16.1 Å². The molecule has 0 radical (unpaired) electrons. The minimum atomic E-state index is -3.48. The Morgan fingerprint density at radius 2 is 2.25 bits per heavy atom. The van der Waals surface area contributed by atoms with Crippen LogP contribution in [0.5, 0.6) is 0 Å². The van der Waals surface area contributed by atoms with Gasteiger partial charge in [0.05, 0.1) is 11.0 Å². The zero-order valence-electron chi connectivity index (χ0n) is 9.55. The molecule has 1 aromatic heterocycles. The number of rotatable bonds is 6. The first kappa shape index (κ1) is 13.2. The third kappa shape index (κ3) is 3.62. The molecule has 2 N–H and O–H groups in total. The molecule has 6 heteroatoms. The van der Waals surface area contributed by atoms with E-state index in [1.165, 1.54) is 12.3 Å². The average molecular weight is 246 g/mol. The molecule has 0 aromatic carbocycles. The van der Waals surface area contributed by atoms with Crippen molar-refractivity contribution in [3.63, 3.8) is 0 Å². The van der Waals surface area contributed by atoms with Crippen LogP contribution in [-0.2, 0) is 17.1 Å². The molecule has 0 saturated carbocycles. The maximum atomic E-state index is 11.7. The second-order valence-corrected chi connectivity index (χ2v) is 5.57. The third-order valence-electron chi connectivity index (χ3n) is 2.25. The number of hydrogen-bond acceptors (Lipinski definition) is 3. The molecule has 1 unspecified atom stereocenters. The standard InChI is InChI=1S/C10H18N2O3S/c1-3-4-9(13)7-11-16(14,15)10-5-6-12(2)8-10/h5-6,8-9,11,13H,3-4,7H2,1-2H3. The second kappa shape index (κ2) is 5.47. The van der Waals surface area contributed by atoms with E-state index in [2.05, 4.69) is 4.72 Å². The maximum absolute atomic E-state index is 11.7. The van der Waals surface area contributed by atoms with E-state index in [-0.39, 0.29) is 11.4 Å². The number of aryl methyl sites for hydroxylation is 1. The van der Waals surface area contributed by atoms with E-state index in [0.717, 1.165) is 6.42 Å². The monoisotopic (exact) mass is 246 g/mol. The zero-order chi connectivity index (χ0) is 12.2. The molecule has 5 nitrogen and oxygen atoms in total.